The summed E-state index contributed by atoms with van der Waals surface area (Å²) < 4.78 is 0. The second kappa shape index (κ2) is 3.49. The number of carboxylic acids is 1. The molecular formula is C8H11NO3. The molecule has 12 heavy (non-hydrogen) atoms. The maximum atomic E-state index is 10.9. The van der Waals surface area contributed by atoms with Crippen LogP contribution in [0.2, 0.25) is 0 Å². The van der Waals surface area contributed by atoms with E-state index in [2.05, 4.69) is 5.32 Å². The van der Waals surface area contributed by atoms with Crippen LogP contribution in [-0.4, -0.2) is 29.4 Å². The summed E-state index contributed by atoms with van der Waals surface area (Å²) in [6.07, 6.45) is 2.03. The molecule has 0 aromatic heterocycles. The number of carbonyl (C=O) groups is 2. The van der Waals surface area contributed by atoms with Crippen LogP contribution in [-0.2, 0) is 9.59 Å². The lowest BCUT2D eigenvalue weighted by Gasteiger charge is -2.18. The van der Waals surface area contributed by atoms with Crippen molar-refractivity contribution in [3.8, 4) is 0 Å². The largest absolute Gasteiger partial charge is 0.480 e. The molecule has 0 fully saturated rings. The third-order valence-corrected chi connectivity index (χ3v) is 1.89. The highest BCUT2D eigenvalue weighted by Gasteiger charge is 2.22. The van der Waals surface area contributed by atoms with E-state index in [4.69, 9.17) is 5.11 Å². The van der Waals surface area contributed by atoms with E-state index < -0.39 is 12.0 Å². The van der Waals surface area contributed by atoms with Crippen LogP contribution in [0.25, 0.3) is 0 Å². The molecule has 0 aromatic rings. The van der Waals surface area contributed by atoms with Crippen LogP contribution >= 0.6 is 0 Å². The number of hydrogen-bond donors (Lipinski definition) is 2. The van der Waals surface area contributed by atoms with Gasteiger partial charge in [-0.05, 0) is 12.5 Å². The van der Waals surface area contributed by atoms with Crippen molar-refractivity contribution in [1.29, 1.82) is 0 Å². The second-order valence-electron chi connectivity index (χ2n) is 2.79. The first-order valence-electron chi connectivity index (χ1n) is 3.77. The van der Waals surface area contributed by atoms with E-state index in [9.17, 15) is 9.59 Å². The number of carboxylic acid groups (broad SMARTS) is 1. The Morgan fingerprint density at radius 2 is 2.33 bits per heavy atom. The zero-order chi connectivity index (χ0) is 9.14. The van der Waals surface area contributed by atoms with Crippen LogP contribution in [0.3, 0.4) is 0 Å². The fraction of sp³-hybridized carbons (Fsp3) is 0.500. The zero-order valence-corrected chi connectivity index (χ0v) is 6.83. The van der Waals surface area contributed by atoms with Gasteiger partial charge in [-0.3, -0.25) is 9.59 Å². The van der Waals surface area contributed by atoms with Crippen molar-refractivity contribution in [2.24, 2.45) is 0 Å². The number of rotatable bonds is 2. The van der Waals surface area contributed by atoms with Crippen molar-refractivity contribution in [2.75, 3.05) is 6.54 Å². The lowest BCUT2D eigenvalue weighted by molar-refractivity contribution is -0.139. The van der Waals surface area contributed by atoms with Crippen molar-refractivity contribution in [2.45, 2.75) is 19.4 Å². The number of nitrogens with one attached hydrogen (secondary N) is 1. The molecule has 2 N–H and O–H groups in total. The average molecular weight is 169 g/mol. The molecule has 1 heterocycles. The molecule has 1 aliphatic heterocycles. The molecule has 66 valence electrons. The highest BCUT2D eigenvalue weighted by Crippen LogP contribution is 2.10. The van der Waals surface area contributed by atoms with E-state index in [-0.39, 0.29) is 5.78 Å². The third-order valence-electron chi connectivity index (χ3n) is 1.89. The third kappa shape index (κ3) is 1.92. The Labute approximate surface area is 70.3 Å². The molecule has 0 spiro atoms. The molecule has 0 aliphatic carbocycles. The highest BCUT2D eigenvalue weighted by molar-refractivity contribution is 5.94. The van der Waals surface area contributed by atoms with Crippen LogP contribution in [0.1, 0.15) is 13.3 Å². The normalized spacial score (nSPS) is 23.1. The Balaban J connectivity index is 2.65. The van der Waals surface area contributed by atoms with Crippen LogP contribution in [0, 0.1) is 0 Å². The molecule has 1 rings (SSSR count). The van der Waals surface area contributed by atoms with E-state index in [1.165, 1.54) is 6.92 Å². The summed E-state index contributed by atoms with van der Waals surface area (Å²) >= 11 is 0. The summed E-state index contributed by atoms with van der Waals surface area (Å²) in [5.74, 6) is -0.940. The highest BCUT2D eigenvalue weighted by atomic mass is 16.4. The Morgan fingerprint density at radius 1 is 1.67 bits per heavy atom. The maximum absolute atomic E-state index is 10.9. The quantitative estimate of drug-likeness (QED) is 0.608. The van der Waals surface area contributed by atoms with Crippen molar-refractivity contribution in [1.82, 2.24) is 5.32 Å². The molecular weight excluding hydrogens is 158 g/mol. The van der Waals surface area contributed by atoms with Gasteiger partial charge >= 0.3 is 5.97 Å². The standard InChI is InChI=1S/C8H11NO3/c1-5(10)6-2-3-9-7(4-6)8(11)12/h2,7,9H,3-4H2,1H3,(H,11,12). The van der Waals surface area contributed by atoms with Gasteiger partial charge < -0.3 is 10.4 Å². The number of Topliss-reactive ketones (excluding diaryl/α,β-unsaturated/α-hetero) is 1. The van der Waals surface area contributed by atoms with E-state index in [0.29, 0.717) is 18.5 Å². The molecule has 0 amide bonds. The van der Waals surface area contributed by atoms with Gasteiger partial charge in [-0.1, -0.05) is 6.08 Å². The van der Waals surface area contributed by atoms with Crippen molar-refractivity contribution >= 4 is 11.8 Å². The molecule has 1 atom stereocenters. The minimum absolute atomic E-state index is 0.0391. The van der Waals surface area contributed by atoms with Gasteiger partial charge in [-0.15, -0.1) is 0 Å². The minimum Gasteiger partial charge on any atom is -0.480 e. The number of carbonyl (C=O) groups excluding carboxylic acids is 1. The van der Waals surface area contributed by atoms with Gasteiger partial charge in [0, 0.05) is 13.0 Å². The van der Waals surface area contributed by atoms with Crippen LogP contribution in [0.15, 0.2) is 11.6 Å². The smallest absolute Gasteiger partial charge is 0.321 e. The average Bonchev–Trinajstić information content (AvgIpc) is 2.04. The molecule has 0 saturated carbocycles. The summed E-state index contributed by atoms with van der Waals surface area (Å²) in [6, 6.07) is -0.603. The van der Waals surface area contributed by atoms with Gasteiger partial charge in [0.05, 0.1) is 0 Å². The Bertz CT molecular complexity index is 245. The predicted octanol–water partition coefficient (Wildman–Crippen LogP) is -0.0517. The lowest BCUT2D eigenvalue weighted by Crippen LogP contribution is -2.40. The fourth-order valence-electron chi connectivity index (χ4n) is 1.16. The first-order chi connectivity index (χ1) is 5.61. The summed E-state index contributed by atoms with van der Waals surface area (Å²) in [6.45, 7) is 1.92. The van der Waals surface area contributed by atoms with Crippen molar-refractivity contribution in [3.63, 3.8) is 0 Å². The van der Waals surface area contributed by atoms with Gasteiger partial charge in [0.25, 0.3) is 0 Å². The molecule has 4 heteroatoms. The minimum atomic E-state index is -0.901. The van der Waals surface area contributed by atoms with E-state index in [0.717, 1.165) is 0 Å². The summed E-state index contributed by atoms with van der Waals surface area (Å²) in [5, 5.41) is 11.4. The van der Waals surface area contributed by atoms with E-state index in [1.807, 2.05) is 0 Å². The second-order valence-corrected chi connectivity index (χ2v) is 2.79. The fourth-order valence-corrected chi connectivity index (χ4v) is 1.16. The number of hydrogen-bond acceptors (Lipinski definition) is 3. The molecule has 0 bridgehead atoms. The monoisotopic (exact) mass is 169 g/mol. The first-order valence-corrected chi connectivity index (χ1v) is 3.77. The van der Waals surface area contributed by atoms with Crippen molar-refractivity contribution in [3.05, 3.63) is 11.6 Å². The Morgan fingerprint density at radius 3 is 2.83 bits per heavy atom. The van der Waals surface area contributed by atoms with Gasteiger partial charge in [-0.25, -0.2) is 0 Å². The first kappa shape index (κ1) is 8.93. The molecule has 0 aromatic carbocycles. The number of aliphatic carboxylic acids is 1. The van der Waals surface area contributed by atoms with Crippen LogP contribution in [0.5, 0.6) is 0 Å². The predicted molar refractivity (Wildman–Crippen MR) is 42.8 cm³/mol. The topological polar surface area (TPSA) is 66.4 Å². The summed E-state index contributed by atoms with van der Waals surface area (Å²) in [7, 11) is 0. The van der Waals surface area contributed by atoms with Gasteiger partial charge in [-0.2, -0.15) is 0 Å². The van der Waals surface area contributed by atoms with Crippen LogP contribution in [0.4, 0.5) is 0 Å². The SMILES string of the molecule is CC(=O)C1=CCNC(C(=O)O)C1. The maximum Gasteiger partial charge on any atom is 0.321 e. The lowest BCUT2D eigenvalue weighted by atomic mass is 9.99. The molecule has 4 nitrogen and oxygen atoms in total. The van der Waals surface area contributed by atoms with Gasteiger partial charge in [0.15, 0.2) is 5.78 Å². The Hall–Kier alpha value is -1.16. The molecule has 1 unspecified atom stereocenters. The molecule has 0 radical (unpaired) electrons. The molecule has 0 saturated heterocycles. The van der Waals surface area contributed by atoms with E-state index in [1.54, 1.807) is 6.08 Å². The van der Waals surface area contributed by atoms with Gasteiger partial charge in [0.2, 0.25) is 0 Å². The van der Waals surface area contributed by atoms with Gasteiger partial charge in [0.1, 0.15) is 6.04 Å². The van der Waals surface area contributed by atoms with Crippen LogP contribution < -0.4 is 5.32 Å². The van der Waals surface area contributed by atoms with Crippen molar-refractivity contribution < 1.29 is 14.7 Å². The zero-order valence-electron chi connectivity index (χ0n) is 6.83. The van der Waals surface area contributed by atoms with E-state index >= 15 is 0 Å². The summed E-state index contributed by atoms with van der Waals surface area (Å²) in [5.41, 5.74) is 0.612. The molecule has 1 aliphatic rings. The summed E-state index contributed by atoms with van der Waals surface area (Å²) in [4.78, 5) is 21.4. The number of ketones is 1. The Kier molecular flexibility index (Phi) is 2.60.